The lowest BCUT2D eigenvalue weighted by Gasteiger charge is -2.48. The zero-order chi connectivity index (χ0) is 16.7. The maximum atomic E-state index is 12.4. The van der Waals surface area contributed by atoms with Crippen molar-refractivity contribution >= 4 is 29.3 Å². The predicted molar refractivity (Wildman–Crippen MR) is 105 cm³/mol. The fraction of sp³-hybridized carbons (Fsp3) is 0.667. The van der Waals surface area contributed by atoms with E-state index in [-0.39, 0.29) is 5.41 Å². The number of hydrogen-bond donors (Lipinski definition) is 0. The maximum absolute atomic E-state index is 12.4. The summed E-state index contributed by atoms with van der Waals surface area (Å²) in [6, 6.07) is 7.23. The number of carbonyl (C=O) groups is 1. The lowest BCUT2D eigenvalue weighted by atomic mass is 9.55. The third kappa shape index (κ3) is 2.76. The molecular formula is C21H28OS2. The Morgan fingerprint density at radius 1 is 1.17 bits per heavy atom. The van der Waals surface area contributed by atoms with Gasteiger partial charge in [0.2, 0.25) is 0 Å². The van der Waals surface area contributed by atoms with Crippen molar-refractivity contribution in [2.75, 3.05) is 17.8 Å². The van der Waals surface area contributed by atoms with Crippen molar-refractivity contribution in [1.29, 1.82) is 0 Å². The Balaban J connectivity index is 1.56. The highest BCUT2D eigenvalue weighted by molar-refractivity contribution is 8.02. The molecule has 0 N–H and O–H groups in total. The van der Waals surface area contributed by atoms with Crippen LogP contribution in [-0.2, 0) is 11.2 Å². The van der Waals surface area contributed by atoms with Crippen LogP contribution in [-0.4, -0.2) is 23.5 Å². The summed E-state index contributed by atoms with van der Waals surface area (Å²) < 4.78 is 0. The fourth-order valence-corrected chi connectivity index (χ4v) is 7.29. The summed E-state index contributed by atoms with van der Waals surface area (Å²) >= 11 is 3.92. The van der Waals surface area contributed by atoms with Gasteiger partial charge < -0.3 is 0 Å². The number of Topliss-reactive ketones (excluding diaryl/α,β-unsaturated/α-hetero) is 1. The minimum Gasteiger partial charge on any atom is -0.299 e. The molecule has 0 spiro atoms. The summed E-state index contributed by atoms with van der Waals surface area (Å²) in [5, 5.41) is 0. The van der Waals surface area contributed by atoms with Crippen LogP contribution in [0.15, 0.2) is 23.1 Å². The van der Waals surface area contributed by atoms with Crippen LogP contribution in [0.3, 0.4) is 0 Å². The highest BCUT2D eigenvalue weighted by atomic mass is 32.2. The van der Waals surface area contributed by atoms with Gasteiger partial charge in [0.15, 0.2) is 0 Å². The Bertz CT molecular complexity index is 641. The number of fused-ring (bicyclic) bond motifs is 5. The second-order valence-electron chi connectivity index (χ2n) is 8.04. The molecule has 4 rings (SSSR count). The minimum absolute atomic E-state index is 0.00623. The van der Waals surface area contributed by atoms with Gasteiger partial charge in [-0.15, -0.1) is 11.8 Å². The van der Waals surface area contributed by atoms with Gasteiger partial charge in [-0.05, 0) is 79.4 Å². The van der Waals surface area contributed by atoms with Gasteiger partial charge in [0.25, 0.3) is 0 Å². The first-order valence-electron chi connectivity index (χ1n) is 9.41. The largest absolute Gasteiger partial charge is 0.299 e. The summed E-state index contributed by atoms with van der Waals surface area (Å²) in [5.74, 6) is 5.08. The molecule has 1 nitrogen and oxygen atoms in total. The molecular weight excluding hydrogens is 332 g/mol. The van der Waals surface area contributed by atoms with Gasteiger partial charge in [0.1, 0.15) is 5.78 Å². The normalized spacial score (nSPS) is 34.6. The SMILES string of the molecule is CSCCSc1ccc2c(c1)CC[C@@H]1[C@@H]2CC[C@]2(C)C(=O)CC[C@@H]12. The van der Waals surface area contributed by atoms with Crippen LogP contribution in [0.2, 0.25) is 0 Å². The molecule has 0 heterocycles. The molecule has 2 fully saturated rings. The molecule has 0 amide bonds. The van der Waals surface area contributed by atoms with E-state index >= 15 is 0 Å². The molecule has 1 aromatic rings. The second kappa shape index (κ2) is 6.72. The molecule has 2 saturated carbocycles. The number of aryl methyl sites for hydroxylation is 1. The van der Waals surface area contributed by atoms with Crippen LogP contribution >= 0.6 is 23.5 Å². The summed E-state index contributed by atoms with van der Waals surface area (Å²) in [5.41, 5.74) is 3.21. The number of benzene rings is 1. The lowest BCUT2D eigenvalue weighted by Crippen LogP contribution is -2.42. The molecule has 3 aliphatic rings. The molecule has 0 aliphatic heterocycles. The van der Waals surface area contributed by atoms with E-state index in [1.165, 1.54) is 35.7 Å². The molecule has 130 valence electrons. The predicted octanol–water partition coefficient (Wildman–Crippen LogP) is 5.57. The van der Waals surface area contributed by atoms with E-state index in [0.29, 0.717) is 17.6 Å². The first kappa shape index (κ1) is 17.0. The second-order valence-corrected chi connectivity index (χ2v) is 10.2. The standard InChI is InChI=1S/C21H28OS2/c1-21-10-9-17-16-6-4-15(24-12-11-23-2)13-14(16)3-5-18(17)19(21)7-8-20(21)22/h4,6,13,17-19H,3,5,7-12H2,1-2H3/t17-,18-,19+,21+/m1/s1. The quantitative estimate of drug-likeness (QED) is 0.516. The van der Waals surface area contributed by atoms with Crippen LogP contribution in [0.4, 0.5) is 0 Å². The third-order valence-corrected chi connectivity index (χ3v) is 8.83. The van der Waals surface area contributed by atoms with Crippen LogP contribution in [0.5, 0.6) is 0 Å². The fourth-order valence-electron chi connectivity index (χ4n) is 5.66. The van der Waals surface area contributed by atoms with Gasteiger partial charge in [-0.2, -0.15) is 11.8 Å². The molecule has 0 unspecified atom stereocenters. The van der Waals surface area contributed by atoms with E-state index in [4.69, 9.17) is 0 Å². The number of hydrogen-bond acceptors (Lipinski definition) is 3. The molecule has 3 heteroatoms. The molecule has 3 aliphatic carbocycles. The van der Waals surface area contributed by atoms with Crippen molar-refractivity contribution in [3.8, 4) is 0 Å². The van der Waals surface area contributed by atoms with Crippen molar-refractivity contribution in [2.24, 2.45) is 17.3 Å². The lowest BCUT2D eigenvalue weighted by molar-refractivity contribution is -0.129. The first-order valence-corrected chi connectivity index (χ1v) is 11.8. The van der Waals surface area contributed by atoms with Crippen molar-refractivity contribution in [1.82, 2.24) is 0 Å². The molecule has 4 atom stereocenters. The van der Waals surface area contributed by atoms with E-state index in [9.17, 15) is 4.79 Å². The van der Waals surface area contributed by atoms with E-state index in [0.717, 1.165) is 25.2 Å². The van der Waals surface area contributed by atoms with Crippen molar-refractivity contribution in [2.45, 2.75) is 56.3 Å². The molecule has 0 aromatic heterocycles. The van der Waals surface area contributed by atoms with E-state index in [2.05, 4.69) is 31.4 Å². The maximum Gasteiger partial charge on any atom is 0.139 e. The number of thioether (sulfide) groups is 2. The van der Waals surface area contributed by atoms with Gasteiger partial charge in [-0.3, -0.25) is 4.79 Å². The Morgan fingerprint density at radius 3 is 2.88 bits per heavy atom. The number of ketones is 1. The van der Waals surface area contributed by atoms with E-state index in [1.54, 1.807) is 11.1 Å². The number of carbonyl (C=O) groups excluding carboxylic acids is 1. The van der Waals surface area contributed by atoms with Crippen LogP contribution < -0.4 is 0 Å². The van der Waals surface area contributed by atoms with Crippen LogP contribution in [0.1, 0.15) is 56.1 Å². The summed E-state index contributed by atoms with van der Waals surface area (Å²) in [7, 11) is 0. The summed E-state index contributed by atoms with van der Waals surface area (Å²) in [6.45, 7) is 2.27. The smallest absolute Gasteiger partial charge is 0.139 e. The Hall–Kier alpha value is -0.410. The Kier molecular flexibility index (Phi) is 4.77. The highest BCUT2D eigenvalue weighted by Crippen LogP contribution is 2.59. The molecule has 1 aromatic carbocycles. The van der Waals surface area contributed by atoms with E-state index < -0.39 is 0 Å². The zero-order valence-corrected chi connectivity index (χ0v) is 16.5. The van der Waals surface area contributed by atoms with Crippen LogP contribution in [0.25, 0.3) is 0 Å². The van der Waals surface area contributed by atoms with Gasteiger partial charge in [-0.1, -0.05) is 13.0 Å². The van der Waals surface area contributed by atoms with Gasteiger partial charge >= 0.3 is 0 Å². The molecule has 0 saturated heterocycles. The molecule has 0 bridgehead atoms. The van der Waals surface area contributed by atoms with Crippen molar-refractivity contribution < 1.29 is 4.79 Å². The molecule has 0 radical (unpaired) electrons. The van der Waals surface area contributed by atoms with Gasteiger partial charge in [-0.25, -0.2) is 0 Å². The summed E-state index contributed by atoms with van der Waals surface area (Å²) in [6.07, 6.45) is 9.00. The summed E-state index contributed by atoms with van der Waals surface area (Å²) in [4.78, 5) is 13.9. The van der Waals surface area contributed by atoms with Gasteiger partial charge in [0, 0.05) is 28.2 Å². The average molecular weight is 361 g/mol. The van der Waals surface area contributed by atoms with Gasteiger partial charge in [0.05, 0.1) is 0 Å². The van der Waals surface area contributed by atoms with Crippen molar-refractivity contribution in [3.05, 3.63) is 29.3 Å². The first-order chi connectivity index (χ1) is 11.6. The molecule has 24 heavy (non-hydrogen) atoms. The van der Waals surface area contributed by atoms with E-state index in [1.807, 2.05) is 23.5 Å². The monoisotopic (exact) mass is 360 g/mol. The van der Waals surface area contributed by atoms with Crippen molar-refractivity contribution in [3.63, 3.8) is 0 Å². The highest BCUT2D eigenvalue weighted by Gasteiger charge is 2.54. The topological polar surface area (TPSA) is 17.1 Å². The minimum atomic E-state index is 0.00623. The number of rotatable bonds is 4. The third-order valence-electron chi connectivity index (χ3n) is 6.96. The average Bonchev–Trinajstić information content (AvgIpc) is 2.90. The Labute approximate surface area is 154 Å². The zero-order valence-electron chi connectivity index (χ0n) is 14.8. The Morgan fingerprint density at radius 2 is 2.04 bits per heavy atom. The van der Waals surface area contributed by atoms with Crippen LogP contribution in [0, 0.1) is 17.3 Å².